The lowest BCUT2D eigenvalue weighted by Gasteiger charge is -2.18. The molecule has 0 aliphatic carbocycles. The van der Waals surface area contributed by atoms with E-state index in [0.29, 0.717) is 5.69 Å². The fraction of sp³-hybridized carbons (Fsp3) is 0.125. The second kappa shape index (κ2) is 7.99. The minimum atomic E-state index is -0.677. The van der Waals surface area contributed by atoms with Crippen molar-refractivity contribution >= 4 is 40.1 Å². The van der Waals surface area contributed by atoms with E-state index in [1.165, 1.54) is 31.2 Å². The Kier molecular flexibility index (Phi) is 5.76. The minimum absolute atomic E-state index is 0.100. The van der Waals surface area contributed by atoms with Crippen LogP contribution in [0, 0.1) is 17.1 Å². The molecule has 0 bridgehead atoms. The van der Waals surface area contributed by atoms with Crippen LogP contribution in [-0.4, -0.2) is 23.5 Å². The highest BCUT2D eigenvalue weighted by molar-refractivity contribution is 7.14. The molecule has 0 aliphatic heterocycles. The summed E-state index contributed by atoms with van der Waals surface area (Å²) in [5, 5.41) is 10.2. The summed E-state index contributed by atoms with van der Waals surface area (Å²) in [5.74, 6) is -1.61. The molecule has 0 saturated heterocycles. The Morgan fingerprint density at radius 2 is 2.21 bits per heavy atom. The largest absolute Gasteiger partial charge is 0.447 e. The number of rotatable bonds is 5. The van der Waals surface area contributed by atoms with E-state index >= 15 is 0 Å². The zero-order chi connectivity index (χ0) is 17.5. The fourth-order valence-corrected chi connectivity index (χ4v) is 2.65. The molecule has 1 amide bonds. The third kappa shape index (κ3) is 4.24. The quantitative estimate of drug-likeness (QED) is 0.614. The molecule has 8 heteroatoms. The molecule has 2 rings (SSSR count). The van der Waals surface area contributed by atoms with Crippen molar-refractivity contribution in [2.75, 3.05) is 11.5 Å². The van der Waals surface area contributed by atoms with E-state index in [-0.39, 0.29) is 17.4 Å². The van der Waals surface area contributed by atoms with E-state index in [2.05, 4.69) is 9.72 Å². The lowest BCUT2D eigenvalue weighted by Crippen LogP contribution is -2.23. The second-order valence-corrected chi connectivity index (χ2v) is 5.30. The number of hydrogen-bond acceptors (Lipinski definition) is 6. The molecule has 0 atom stereocenters. The van der Waals surface area contributed by atoms with E-state index in [9.17, 15) is 14.0 Å². The predicted molar refractivity (Wildman–Crippen MR) is 86.9 cm³/mol. The van der Waals surface area contributed by atoms with Gasteiger partial charge in [0.25, 0.3) is 0 Å². The van der Waals surface area contributed by atoms with Crippen molar-refractivity contribution in [1.82, 2.24) is 4.98 Å². The number of benzene rings is 1. The van der Waals surface area contributed by atoms with E-state index in [1.807, 2.05) is 0 Å². The zero-order valence-electron chi connectivity index (χ0n) is 12.6. The summed E-state index contributed by atoms with van der Waals surface area (Å²) >= 11 is 1.13. The van der Waals surface area contributed by atoms with Crippen LogP contribution in [-0.2, 0) is 14.3 Å². The molecule has 1 heterocycles. The van der Waals surface area contributed by atoms with Crippen molar-refractivity contribution < 1.29 is 18.7 Å². The van der Waals surface area contributed by atoms with Crippen LogP contribution in [0.25, 0.3) is 6.08 Å². The van der Waals surface area contributed by atoms with Gasteiger partial charge in [0.1, 0.15) is 11.9 Å². The lowest BCUT2D eigenvalue weighted by molar-refractivity contribution is -0.136. The van der Waals surface area contributed by atoms with Gasteiger partial charge in [0.2, 0.25) is 5.91 Å². The minimum Gasteiger partial charge on any atom is -0.447 e. The molecule has 0 fully saturated rings. The highest BCUT2D eigenvalue weighted by atomic mass is 32.1. The molecular weight excluding hydrogens is 333 g/mol. The number of carbonyl (C=O) groups is 2. The van der Waals surface area contributed by atoms with Crippen molar-refractivity contribution in [2.45, 2.75) is 6.92 Å². The van der Waals surface area contributed by atoms with E-state index in [0.717, 1.165) is 22.3 Å². The molecule has 6 nitrogen and oxygen atoms in total. The third-order valence-corrected chi connectivity index (χ3v) is 3.62. The van der Waals surface area contributed by atoms with Crippen LogP contribution in [0.3, 0.4) is 0 Å². The molecule has 1 aromatic carbocycles. The first-order valence-corrected chi connectivity index (χ1v) is 7.63. The van der Waals surface area contributed by atoms with Gasteiger partial charge in [-0.3, -0.25) is 9.69 Å². The van der Waals surface area contributed by atoms with Crippen LogP contribution in [0.5, 0.6) is 0 Å². The third-order valence-electron chi connectivity index (χ3n) is 2.78. The van der Waals surface area contributed by atoms with Gasteiger partial charge in [-0.05, 0) is 18.2 Å². The Morgan fingerprint density at radius 1 is 1.46 bits per heavy atom. The number of nitriles is 1. The van der Waals surface area contributed by atoms with E-state index in [4.69, 9.17) is 5.26 Å². The van der Waals surface area contributed by atoms with Gasteiger partial charge in [-0.25, -0.2) is 14.2 Å². The molecule has 0 aliphatic rings. The molecular formula is C16H12FN3O3S. The van der Waals surface area contributed by atoms with Gasteiger partial charge in [-0.15, -0.1) is 11.3 Å². The first-order valence-electron chi connectivity index (χ1n) is 6.75. The Balaban J connectivity index is 2.23. The molecule has 24 heavy (non-hydrogen) atoms. The maximum Gasteiger partial charge on any atom is 0.331 e. The molecule has 1 aromatic heterocycles. The van der Waals surface area contributed by atoms with Crippen LogP contribution in [0.1, 0.15) is 12.6 Å². The summed E-state index contributed by atoms with van der Waals surface area (Å²) in [6.45, 7) is 0.972. The van der Waals surface area contributed by atoms with E-state index in [1.54, 1.807) is 17.5 Å². The zero-order valence-corrected chi connectivity index (χ0v) is 13.4. The number of amides is 1. The number of halogens is 1. The first-order chi connectivity index (χ1) is 11.5. The summed E-state index contributed by atoms with van der Waals surface area (Å²) in [6.07, 6.45) is 2.51. The average molecular weight is 345 g/mol. The van der Waals surface area contributed by atoms with Crippen molar-refractivity contribution in [1.29, 1.82) is 5.26 Å². The molecule has 0 unspecified atom stereocenters. The van der Waals surface area contributed by atoms with Crippen LogP contribution in [0.4, 0.5) is 15.2 Å². The van der Waals surface area contributed by atoms with Crippen LogP contribution in [0.15, 0.2) is 35.7 Å². The molecule has 0 N–H and O–H groups in total. The Bertz CT molecular complexity index is 826. The van der Waals surface area contributed by atoms with Gasteiger partial charge in [0, 0.05) is 18.4 Å². The van der Waals surface area contributed by atoms with Gasteiger partial charge < -0.3 is 4.74 Å². The number of aromatic nitrogens is 1. The lowest BCUT2D eigenvalue weighted by atomic mass is 10.3. The van der Waals surface area contributed by atoms with Crippen LogP contribution >= 0.6 is 11.3 Å². The van der Waals surface area contributed by atoms with Crippen molar-refractivity contribution in [3.8, 4) is 6.07 Å². The van der Waals surface area contributed by atoms with E-state index < -0.39 is 17.7 Å². The standard InChI is InChI=1S/C16H12FN3O3S/c1-11(21)20(14-5-3-2-4-13(14)17)16-19-12(10-24-16)6-7-15(22)23-9-8-18/h2-7,10H,9H2,1H3/b7-6+. The first kappa shape index (κ1) is 17.3. The highest BCUT2D eigenvalue weighted by Gasteiger charge is 2.20. The highest BCUT2D eigenvalue weighted by Crippen LogP contribution is 2.30. The summed E-state index contributed by atoms with van der Waals surface area (Å²) in [7, 11) is 0. The second-order valence-electron chi connectivity index (χ2n) is 4.46. The maximum absolute atomic E-state index is 13.9. The summed E-state index contributed by atoms with van der Waals surface area (Å²) < 4.78 is 18.5. The van der Waals surface area contributed by atoms with Gasteiger partial charge in [0.15, 0.2) is 11.7 Å². The molecule has 0 radical (unpaired) electrons. The van der Waals surface area contributed by atoms with Crippen molar-refractivity contribution in [3.05, 3.63) is 47.2 Å². The maximum atomic E-state index is 13.9. The number of thiazole rings is 1. The number of hydrogen-bond donors (Lipinski definition) is 0. The van der Waals surface area contributed by atoms with Gasteiger partial charge in [0.05, 0.1) is 11.4 Å². The Labute approximate surface area is 141 Å². The van der Waals surface area contributed by atoms with Crippen LogP contribution < -0.4 is 4.90 Å². The summed E-state index contributed by atoms with van der Waals surface area (Å²) in [6, 6.07) is 7.56. The average Bonchev–Trinajstić information content (AvgIpc) is 3.01. The van der Waals surface area contributed by atoms with Gasteiger partial charge >= 0.3 is 5.97 Å². The monoisotopic (exact) mass is 345 g/mol. The van der Waals surface area contributed by atoms with Crippen LogP contribution in [0.2, 0.25) is 0 Å². The van der Waals surface area contributed by atoms with Gasteiger partial charge in [-0.1, -0.05) is 12.1 Å². The molecule has 0 spiro atoms. The smallest absolute Gasteiger partial charge is 0.331 e. The number of nitrogens with zero attached hydrogens (tertiary/aromatic N) is 3. The summed E-state index contributed by atoms with van der Waals surface area (Å²) in [5.41, 5.74) is 0.509. The number of ether oxygens (including phenoxy) is 1. The fourth-order valence-electron chi connectivity index (χ4n) is 1.80. The van der Waals surface area contributed by atoms with Crippen molar-refractivity contribution in [3.63, 3.8) is 0 Å². The number of anilines is 2. The Morgan fingerprint density at radius 3 is 2.88 bits per heavy atom. The molecule has 0 saturated carbocycles. The SMILES string of the molecule is CC(=O)N(c1nc(/C=C/C(=O)OCC#N)cs1)c1ccccc1F. The van der Waals surface area contributed by atoms with Crippen molar-refractivity contribution in [2.24, 2.45) is 0 Å². The molecule has 2 aromatic rings. The summed E-state index contributed by atoms with van der Waals surface area (Å²) in [4.78, 5) is 28.5. The number of carbonyl (C=O) groups excluding carboxylic acids is 2. The molecule has 122 valence electrons. The Hall–Kier alpha value is -3.05. The predicted octanol–water partition coefficient (Wildman–Crippen LogP) is 3.05. The number of para-hydroxylation sites is 1. The van der Waals surface area contributed by atoms with Gasteiger partial charge in [-0.2, -0.15) is 5.26 Å². The normalized spacial score (nSPS) is 10.4. The number of esters is 1. The topological polar surface area (TPSA) is 83.3 Å².